The SMILES string of the molecule is COc1cc(NC(=S)N2CCN(C(c3ccccc3)c3ccccc3)CC2)c(OC)cc1Cl. The van der Waals surface area contributed by atoms with E-state index in [2.05, 4.69) is 75.8 Å². The number of halogens is 1. The van der Waals surface area contributed by atoms with Crippen LogP contribution in [-0.4, -0.2) is 55.3 Å². The molecule has 0 unspecified atom stereocenters. The molecular formula is C26H28ClN3O2S. The van der Waals surface area contributed by atoms with Crippen LogP contribution < -0.4 is 14.8 Å². The normalized spacial score (nSPS) is 14.2. The average molecular weight is 482 g/mol. The summed E-state index contributed by atoms with van der Waals surface area (Å²) in [5, 5.41) is 4.47. The highest BCUT2D eigenvalue weighted by Crippen LogP contribution is 2.36. The van der Waals surface area contributed by atoms with Gasteiger partial charge in [-0.25, -0.2) is 0 Å². The number of nitrogens with zero attached hydrogens (tertiary/aromatic N) is 2. The first-order valence-electron chi connectivity index (χ1n) is 10.9. The lowest BCUT2D eigenvalue weighted by atomic mass is 9.96. The Morgan fingerprint density at radius 1 is 0.848 bits per heavy atom. The Labute approximate surface area is 205 Å². The fraction of sp³-hybridized carbons (Fsp3) is 0.269. The maximum atomic E-state index is 6.23. The minimum absolute atomic E-state index is 0.219. The highest BCUT2D eigenvalue weighted by molar-refractivity contribution is 7.80. The van der Waals surface area contributed by atoms with Gasteiger partial charge >= 0.3 is 0 Å². The monoisotopic (exact) mass is 481 g/mol. The van der Waals surface area contributed by atoms with Gasteiger partial charge in [-0.05, 0) is 23.3 Å². The van der Waals surface area contributed by atoms with E-state index in [0.29, 0.717) is 21.6 Å². The van der Waals surface area contributed by atoms with Gasteiger partial charge in [0.2, 0.25) is 0 Å². The van der Waals surface area contributed by atoms with E-state index < -0.39 is 0 Å². The van der Waals surface area contributed by atoms with Crippen LogP contribution in [0.4, 0.5) is 5.69 Å². The minimum Gasteiger partial charge on any atom is -0.495 e. The zero-order valence-corrected chi connectivity index (χ0v) is 20.4. The summed E-state index contributed by atoms with van der Waals surface area (Å²) in [5.41, 5.74) is 3.34. The number of thiocarbonyl (C=S) groups is 1. The number of piperazine rings is 1. The predicted octanol–water partition coefficient (Wildman–Crippen LogP) is 5.46. The van der Waals surface area contributed by atoms with E-state index in [-0.39, 0.29) is 6.04 Å². The van der Waals surface area contributed by atoms with Crippen LogP contribution in [0.3, 0.4) is 0 Å². The molecule has 0 amide bonds. The van der Waals surface area contributed by atoms with Crippen LogP contribution in [0.2, 0.25) is 5.02 Å². The van der Waals surface area contributed by atoms with Crippen LogP contribution in [0, 0.1) is 0 Å². The Balaban J connectivity index is 1.46. The third-order valence-corrected chi connectivity index (χ3v) is 6.57. The summed E-state index contributed by atoms with van der Waals surface area (Å²) in [7, 11) is 3.20. The maximum Gasteiger partial charge on any atom is 0.173 e. The topological polar surface area (TPSA) is 37.0 Å². The van der Waals surface area contributed by atoms with Gasteiger partial charge in [0, 0.05) is 38.3 Å². The van der Waals surface area contributed by atoms with Crippen LogP contribution in [-0.2, 0) is 0 Å². The number of benzene rings is 3. The zero-order chi connectivity index (χ0) is 23.2. The van der Waals surface area contributed by atoms with Crippen molar-refractivity contribution in [3.63, 3.8) is 0 Å². The summed E-state index contributed by atoms with van der Waals surface area (Å²) < 4.78 is 10.8. The summed E-state index contributed by atoms with van der Waals surface area (Å²) in [4.78, 5) is 4.72. The number of methoxy groups -OCH3 is 2. The lowest BCUT2D eigenvalue weighted by Crippen LogP contribution is -2.51. The van der Waals surface area contributed by atoms with Crippen molar-refractivity contribution in [2.24, 2.45) is 0 Å². The van der Waals surface area contributed by atoms with Gasteiger partial charge < -0.3 is 19.7 Å². The van der Waals surface area contributed by atoms with Crippen molar-refractivity contribution >= 4 is 34.6 Å². The molecule has 0 atom stereocenters. The average Bonchev–Trinajstić information content (AvgIpc) is 2.86. The maximum absolute atomic E-state index is 6.23. The number of hydrogen-bond acceptors (Lipinski definition) is 4. The molecule has 1 heterocycles. The van der Waals surface area contributed by atoms with Crippen LogP contribution in [0.25, 0.3) is 0 Å². The van der Waals surface area contributed by atoms with Crippen molar-refractivity contribution in [2.75, 3.05) is 45.7 Å². The minimum atomic E-state index is 0.219. The molecule has 4 rings (SSSR count). The van der Waals surface area contributed by atoms with Gasteiger partial charge in [-0.1, -0.05) is 72.3 Å². The van der Waals surface area contributed by atoms with E-state index in [1.165, 1.54) is 11.1 Å². The molecule has 0 spiro atoms. The van der Waals surface area contributed by atoms with E-state index in [9.17, 15) is 0 Å². The van der Waals surface area contributed by atoms with Crippen molar-refractivity contribution in [1.82, 2.24) is 9.80 Å². The Hall–Kier alpha value is -2.80. The number of hydrogen-bond donors (Lipinski definition) is 1. The van der Waals surface area contributed by atoms with Crippen LogP contribution in [0.15, 0.2) is 72.8 Å². The fourth-order valence-corrected chi connectivity index (χ4v) is 4.74. The van der Waals surface area contributed by atoms with Gasteiger partial charge in [-0.15, -0.1) is 0 Å². The van der Waals surface area contributed by atoms with Gasteiger partial charge in [0.15, 0.2) is 5.11 Å². The summed E-state index contributed by atoms with van der Waals surface area (Å²) in [6.45, 7) is 3.46. The second-order valence-corrected chi connectivity index (χ2v) is 8.66. The van der Waals surface area contributed by atoms with Crippen molar-refractivity contribution < 1.29 is 9.47 Å². The molecule has 3 aromatic rings. The first-order chi connectivity index (χ1) is 16.1. The van der Waals surface area contributed by atoms with E-state index >= 15 is 0 Å². The van der Waals surface area contributed by atoms with Crippen LogP contribution in [0.5, 0.6) is 11.5 Å². The van der Waals surface area contributed by atoms with Crippen molar-refractivity contribution in [3.8, 4) is 11.5 Å². The first kappa shape index (κ1) is 23.4. The molecule has 1 saturated heterocycles. The molecular weight excluding hydrogens is 454 g/mol. The lowest BCUT2D eigenvalue weighted by molar-refractivity contribution is 0.151. The van der Waals surface area contributed by atoms with Gasteiger partial charge in [0.05, 0.1) is 31.0 Å². The molecule has 3 aromatic carbocycles. The molecule has 1 fully saturated rings. The molecule has 7 heteroatoms. The third kappa shape index (κ3) is 5.41. The first-order valence-corrected chi connectivity index (χ1v) is 11.7. The second kappa shape index (κ2) is 10.9. The lowest BCUT2D eigenvalue weighted by Gasteiger charge is -2.40. The number of rotatable bonds is 6. The molecule has 172 valence electrons. The Morgan fingerprint density at radius 2 is 1.39 bits per heavy atom. The summed E-state index contributed by atoms with van der Waals surface area (Å²) >= 11 is 12.0. The summed E-state index contributed by atoms with van der Waals surface area (Å²) in [5.74, 6) is 1.19. The molecule has 1 aliphatic heterocycles. The molecule has 1 aliphatic rings. The smallest absolute Gasteiger partial charge is 0.173 e. The van der Waals surface area contributed by atoms with Crippen LogP contribution >= 0.6 is 23.8 Å². The molecule has 5 nitrogen and oxygen atoms in total. The second-order valence-electron chi connectivity index (χ2n) is 7.86. The quantitative estimate of drug-likeness (QED) is 0.471. The predicted molar refractivity (Wildman–Crippen MR) is 139 cm³/mol. The van der Waals surface area contributed by atoms with E-state index in [1.54, 1.807) is 20.3 Å². The molecule has 1 N–H and O–H groups in total. The summed E-state index contributed by atoms with van der Waals surface area (Å²) in [6.07, 6.45) is 0. The molecule has 0 radical (unpaired) electrons. The fourth-order valence-electron chi connectivity index (χ4n) is 4.22. The number of anilines is 1. The van der Waals surface area contributed by atoms with Crippen LogP contribution in [0.1, 0.15) is 17.2 Å². The van der Waals surface area contributed by atoms with Gasteiger partial charge in [0.25, 0.3) is 0 Å². The van der Waals surface area contributed by atoms with Crippen molar-refractivity contribution in [2.45, 2.75) is 6.04 Å². The standard InChI is InChI=1S/C26H28ClN3O2S/c1-31-23-18-22(24(32-2)17-21(23)27)28-26(33)30-15-13-29(14-16-30)25(19-9-5-3-6-10-19)20-11-7-4-8-12-20/h3-12,17-18,25H,13-16H2,1-2H3,(H,28,33). The Kier molecular flexibility index (Phi) is 7.70. The Morgan fingerprint density at radius 3 is 1.91 bits per heavy atom. The number of nitrogens with one attached hydrogen (secondary N) is 1. The van der Waals surface area contributed by atoms with E-state index in [1.807, 2.05) is 6.07 Å². The third-order valence-electron chi connectivity index (χ3n) is 5.91. The van der Waals surface area contributed by atoms with Gasteiger partial charge in [-0.2, -0.15) is 0 Å². The highest BCUT2D eigenvalue weighted by Gasteiger charge is 2.27. The molecule has 33 heavy (non-hydrogen) atoms. The van der Waals surface area contributed by atoms with E-state index in [4.69, 9.17) is 33.3 Å². The van der Waals surface area contributed by atoms with Crippen molar-refractivity contribution in [3.05, 3.63) is 88.9 Å². The zero-order valence-electron chi connectivity index (χ0n) is 18.8. The largest absolute Gasteiger partial charge is 0.495 e. The van der Waals surface area contributed by atoms with E-state index in [0.717, 1.165) is 31.9 Å². The molecule has 0 saturated carbocycles. The summed E-state index contributed by atoms with van der Waals surface area (Å²) in [6, 6.07) is 25.1. The molecule has 0 bridgehead atoms. The molecule has 0 aromatic heterocycles. The molecule has 0 aliphatic carbocycles. The van der Waals surface area contributed by atoms with Crippen molar-refractivity contribution in [1.29, 1.82) is 0 Å². The Bertz CT molecular complexity index is 1030. The van der Waals surface area contributed by atoms with Gasteiger partial charge in [0.1, 0.15) is 11.5 Å². The highest BCUT2D eigenvalue weighted by atomic mass is 35.5. The van der Waals surface area contributed by atoms with Gasteiger partial charge in [-0.3, -0.25) is 4.90 Å². The number of ether oxygens (including phenoxy) is 2.